The van der Waals surface area contributed by atoms with Crippen LogP contribution in [0.15, 0.2) is 0 Å². The van der Waals surface area contributed by atoms with Gasteiger partial charge in [-0.25, -0.2) is 0 Å². The maximum atomic E-state index is 10.7. The van der Waals surface area contributed by atoms with Crippen LogP contribution >= 0.6 is 0 Å². The van der Waals surface area contributed by atoms with Gasteiger partial charge in [0.05, 0.1) is 11.5 Å². The van der Waals surface area contributed by atoms with Gasteiger partial charge in [0.2, 0.25) is 0 Å². The fourth-order valence-electron chi connectivity index (χ4n) is 1.76. The number of methoxy groups -OCH3 is 1. The van der Waals surface area contributed by atoms with E-state index in [1.807, 2.05) is 6.92 Å². The average Bonchev–Trinajstić information content (AvgIpc) is 2.15. The molecule has 4 nitrogen and oxygen atoms in total. The van der Waals surface area contributed by atoms with Crippen LogP contribution in [0.5, 0.6) is 0 Å². The Bertz CT molecular complexity index is 220. The lowest BCUT2D eigenvalue weighted by Crippen LogP contribution is -2.51. The largest absolute Gasteiger partial charge is 0.481 e. The summed E-state index contributed by atoms with van der Waals surface area (Å²) in [6, 6.07) is -0.0184. The summed E-state index contributed by atoms with van der Waals surface area (Å²) in [7, 11) is 1.73. The highest BCUT2D eigenvalue weighted by atomic mass is 16.5. The molecule has 1 aliphatic carbocycles. The van der Waals surface area contributed by atoms with E-state index >= 15 is 0 Å². The van der Waals surface area contributed by atoms with Crippen molar-refractivity contribution in [2.24, 2.45) is 5.92 Å². The molecule has 0 heterocycles. The summed E-state index contributed by atoms with van der Waals surface area (Å²) in [5.74, 6) is -1.12. The molecule has 4 heteroatoms. The number of rotatable bonds is 6. The lowest BCUT2D eigenvalue weighted by Gasteiger charge is -2.41. The van der Waals surface area contributed by atoms with Crippen LogP contribution in [0.3, 0.4) is 0 Å². The second-order valence-corrected chi connectivity index (χ2v) is 4.54. The van der Waals surface area contributed by atoms with Crippen molar-refractivity contribution in [2.45, 2.75) is 44.8 Å². The van der Waals surface area contributed by atoms with Gasteiger partial charge in [-0.15, -0.1) is 0 Å². The predicted octanol–water partition coefficient (Wildman–Crippen LogP) is 1.25. The van der Waals surface area contributed by atoms with E-state index in [0.29, 0.717) is 0 Å². The van der Waals surface area contributed by atoms with Gasteiger partial charge in [0, 0.05) is 19.7 Å². The number of nitrogens with one attached hydrogen (secondary N) is 1. The summed E-state index contributed by atoms with van der Waals surface area (Å²) in [6.07, 6.45) is 3.35. The Kier molecular flexibility index (Phi) is 4.11. The van der Waals surface area contributed by atoms with Crippen molar-refractivity contribution in [1.29, 1.82) is 0 Å². The molecule has 0 aromatic heterocycles. The fourth-order valence-corrected chi connectivity index (χ4v) is 1.76. The lowest BCUT2D eigenvalue weighted by molar-refractivity contribution is -0.142. The number of carboxylic acid groups (broad SMARTS) is 1. The third-order valence-corrected chi connectivity index (χ3v) is 3.58. The van der Waals surface area contributed by atoms with Gasteiger partial charge in [-0.2, -0.15) is 0 Å². The molecule has 15 heavy (non-hydrogen) atoms. The predicted molar refractivity (Wildman–Crippen MR) is 57.9 cm³/mol. The number of hydrogen-bond donors (Lipinski definition) is 2. The third-order valence-electron chi connectivity index (χ3n) is 3.58. The van der Waals surface area contributed by atoms with Gasteiger partial charge in [-0.3, -0.25) is 4.79 Å². The Morgan fingerprint density at radius 2 is 2.13 bits per heavy atom. The summed E-state index contributed by atoms with van der Waals surface area (Å²) < 4.78 is 5.45. The highest BCUT2D eigenvalue weighted by Crippen LogP contribution is 2.34. The molecule has 1 rings (SSSR count). The van der Waals surface area contributed by atoms with E-state index in [9.17, 15) is 4.79 Å². The van der Waals surface area contributed by atoms with Crippen molar-refractivity contribution >= 4 is 5.97 Å². The summed E-state index contributed by atoms with van der Waals surface area (Å²) in [5.41, 5.74) is -0.0352. The number of aliphatic carboxylic acids is 1. The second-order valence-electron chi connectivity index (χ2n) is 4.54. The molecule has 0 saturated heterocycles. The molecular weight excluding hydrogens is 194 g/mol. The number of hydrogen-bond acceptors (Lipinski definition) is 3. The van der Waals surface area contributed by atoms with Crippen molar-refractivity contribution in [2.75, 3.05) is 13.7 Å². The minimum atomic E-state index is -0.755. The van der Waals surface area contributed by atoms with Gasteiger partial charge in [0.15, 0.2) is 0 Å². The van der Waals surface area contributed by atoms with Gasteiger partial charge < -0.3 is 15.2 Å². The molecule has 0 bridgehead atoms. The van der Waals surface area contributed by atoms with Gasteiger partial charge in [0.25, 0.3) is 0 Å². The smallest absolute Gasteiger partial charge is 0.307 e. The Balaban J connectivity index is 2.32. The molecule has 0 aliphatic heterocycles. The van der Waals surface area contributed by atoms with Crippen LogP contribution in [-0.4, -0.2) is 36.4 Å². The summed E-state index contributed by atoms with van der Waals surface area (Å²) in [4.78, 5) is 10.7. The molecule has 0 amide bonds. The zero-order chi connectivity index (χ0) is 11.5. The quantitative estimate of drug-likeness (QED) is 0.700. The zero-order valence-electron chi connectivity index (χ0n) is 9.75. The van der Waals surface area contributed by atoms with E-state index in [2.05, 4.69) is 5.32 Å². The van der Waals surface area contributed by atoms with Gasteiger partial charge >= 0.3 is 5.97 Å². The Morgan fingerprint density at radius 1 is 1.53 bits per heavy atom. The molecule has 2 N–H and O–H groups in total. The molecule has 2 atom stereocenters. The first-order valence-electron chi connectivity index (χ1n) is 5.52. The van der Waals surface area contributed by atoms with Gasteiger partial charge in [-0.05, 0) is 26.2 Å². The molecule has 1 fully saturated rings. The first kappa shape index (κ1) is 12.5. The molecule has 0 aromatic rings. The summed E-state index contributed by atoms with van der Waals surface area (Å²) >= 11 is 0. The molecule has 1 aliphatic rings. The van der Waals surface area contributed by atoms with Crippen LogP contribution in [0.1, 0.15) is 33.1 Å². The van der Waals surface area contributed by atoms with Crippen LogP contribution in [0, 0.1) is 5.92 Å². The number of carboxylic acids is 1. The normalized spacial score (nSPS) is 22.9. The second kappa shape index (κ2) is 4.94. The minimum Gasteiger partial charge on any atom is -0.481 e. The van der Waals surface area contributed by atoms with Gasteiger partial charge in [0.1, 0.15) is 0 Å². The van der Waals surface area contributed by atoms with Gasteiger partial charge in [-0.1, -0.05) is 6.92 Å². The Labute approximate surface area is 91.0 Å². The van der Waals surface area contributed by atoms with E-state index in [-0.39, 0.29) is 17.6 Å². The van der Waals surface area contributed by atoms with E-state index in [1.54, 1.807) is 14.0 Å². The molecule has 0 aromatic carbocycles. The van der Waals surface area contributed by atoms with E-state index in [1.165, 1.54) is 6.42 Å². The van der Waals surface area contributed by atoms with Crippen molar-refractivity contribution in [1.82, 2.24) is 5.32 Å². The lowest BCUT2D eigenvalue weighted by atomic mass is 9.79. The molecule has 1 saturated carbocycles. The van der Waals surface area contributed by atoms with Crippen LogP contribution in [0.2, 0.25) is 0 Å². The topological polar surface area (TPSA) is 58.6 Å². The van der Waals surface area contributed by atoms with Crippen LogP contribution in [-0.2, 0) is 9.53 Å². The molecule has 0 radical (unpaired) electrons. The Morgan fingerprint density at radius 3 is 2.47 bits per heavy atom. The first-order chi connectivity index (χ1) is 7.01. The van der Waals surface area contributed by atoms with Crippen LogP contribution in [0.4, 0.5) is 0 Å². The van der Waals surface area contributed by atoms with E-state index in [4.69, 9.17) is 9.84 Å². The zero-order valence-corrected chi connectivity index (χ0v) is 9.75. The van der Waals surface area contributed by atoms with E-state index < -0.39 is 5.97 Å². The monoisotopic (exact) mass is 215 g/mol. The van der Waals surface area contributed by atoms with Crippen molar-refractivity contribution < 1.29 is 14.6 Å². The number of ether oxygens (including phenoxy) is 1. The van der Waals surface area contributed by atoms with Crippen molar-refractivity contribution in [3.05, 3.63) is 0 Å². The highest BCUT2D eigenvalue weighted by Gasteiger charge is 2.37. The fraction of sp³-hybridized carbons (Fsp3) is 0.909. The average molecular weight is 215 g/mol. The Hall–Kier alpha value is -0.610. The summed E-state index contributed by atoms with van der Waals surface area (Å²) in [6.45, 7) is 4.38. The van der Waals surface area contributed by atoms with Crippen molar-refractivity contribution in [3.63, 3.8) is 0 Å². The molecular formula is C11H21NO3. The van der Waals surface area contributed by atoms with Crippen LogP contribution < -0.4 is 5.32 Å². The maximum Gasteiger partial charge on any atom is 0.307 e. The SMILES string of the molecule is COC1(CNC(C)C(C)C(=O)O)CCC1. The minimum absolute atomic E-state index is 0.0184. The highest BCUT2D eigenvalue weighted by molar-refractivity contribution is 5.70. The standard InChI is InChI=1S/C11H21NO3/c1-8(10(13)14)9(2)12-7-11(15-3)5-4-6-11/h8-9,12H,4-7H2,1-3H3,(H,13,14). The maximum absolute atomic E-state index is 10.7. The van der Waals surface area contributed by atoms with E-state index in [0.717, 1.165) is 19.4 Å². The molecule has 0 spiro atoms. The van der Waals surface area contributed by atoms with Crippen molar-refractivity contribution in [3.8, 4) is 0 Å². The molecule has 88 valence electrons. The summed E-state index contributed by atoms with van der Waals surface area (Å²) in [5, 5.41) is 12.1. The first-order valence-corrected chi connectivity index (χ1v) is 5.52. The third kappa shape index (κ3) is 2.92. The number of carbonyl (C=O) groups is 1. The molecule has 2 unspecified atom stereocenters. The van der Waals surface area contributed by atoms with Crippen LogP contribution in [0.25, 0.3) is 0 Å².